The Morgan fingerprint density at radius 3 is 2.33 bits per heavy atom. The van der Waals surface area contributed by atoms with Crippen LogP contribution in [0.4, 0.5) is 11.4 Å². The van der Waals surface area contributed by atoms with Gasteiger partial charge in [-0.25, -0.2) is 4.68 Å². The summed E-state index contributed by atoms with van der Waals surface area (Å²) in [5.41, 5.74) is 1.89. The minimum Gasteiger partial charge on any atom is -0.289 e. The Morgan fingerprint density at radius 1 is 1.07 bits per heavy atom. The molecule has 30 heavy (non-hydrogen) atoms. The number of rotatable bonds is 11. The Hall–Kier alpha value is -2.70. The smallest absolute Gasteiger partial charge is 0.289 e. The fourth-order valence-electron chi connectivity index (χ4n) is 4.40. The largest absolute Gasteiger partial charge is 0.315 e. The molecule has 0 spiro atoms. The summed E-state index contributed by atoms with van der Waals surface area (Å²) in [7, 11) is 0. The minimum absolute atomic E-state index is 0.0114. The van der Waals surface area contributed by atoms with Gasteiger partial charge in [-0.1, -0.05) is 76.5 Å². The molecule has 2 heterocycles. The highest BCUT2D eigenvalue weighted by Crippen LogP contribution is 2.45. The number of hydrogen-bond donors (Lipinski definition) is 0. The Morgan fingerprint density at radius 2 is 1.70 bits per heavy atom. The molecule has 0 fully saturated rings. The van der Waals surface area contributed by atoms with E-state index in [1.165, 1.54) is 51.1 Å². The molecular formula is C23H32N4O3. The molecule has 1 atom stereocenters. The maximum atomic E-state index is 12.5. The van der Waals surface area contributed by atoms with Crippen LogP contribution in [0.25, 0.3) is 11.3 Å². The molecule has 0 saturated carbocycles. The second-order valence-corrected chi connectivity index (χ2v) is 8.08. The van der Waals surface area contributed by atoms with E-state index in [2.05, 4.69) is 12.0 Å². The van der Waals surface area contributed by atoms with Gasteiger partial charge in [0.2, 0.25) is 5.91 Å². The fourth-order valence-corrected chi connectivity index (χ4v) is 4.40. The van der Waals surface area contributed by atoms with Gasteiger partial charge >= 0.3 is 5.69 Å². The Labute approximate surface area is 178 Å². The summed E-state index contributed by atoms with van der Waals surface area (Å²) < 4.78 is 1.67. The first-order valence-electron chi connectivity index (χ1n) is 11.2. The summed E-state index contributed by atoms with van der Waals surface area (Å²) in [4.78, 5) is 25.4. The topological polar surface area (TPSA) is 81.3 Å². The zero-order valence-corrected chi connectivity index (χ0v) is 18.0. The number of anilines is 1. The molecule has 1 unspecified atom stereocenters. The lowest BCUT2D eigenvalue weighted by Crippen LogP contribution is -2.40. The quantitative estimate of drug-likeness (QED) is 0.248. The van der Waals surface area contributed by atoms with Gasteiger partial charge in [-0.15, -0.1) is 0 Å². The second-order valence-electron chi connectivity index (χ2n) is 8.08. The van der Waals surface area contributed by atoms with Gasteiger partial charge in [-0.05, 0) is 18.9 Å². The number of fused-ring (bicyclic) bond motifs is 3. The van der Waals surface area contributed by atoms with Crippen molar-refractivity contribution in [2.75, 3.05) is 4.90 Å². The van der Waals surface area contributed by atoms with Gasteiger partial charge in [-0.2, -0.15) is 5.10 Å². The summed E-state index contributed by atoms with van der Waals surface area (Å²) in [5.74, 6) is -0.0767. The van der Waals surface area contributed by atoms with E-state index in [-0.39, 0.29) is 17.8 Å². The van der Waals surface area contributed by atoms with Gasteiger partial charge in [0.15, 0.2) is 5.69 Å². The molecular weight excluding hydrogens is 380 g/mol. The summed E-state index contributed by atoms with van der Waals surface area (Å²) in [5, 5.41) is 15.9. The summed E-state index contributed by atoms with van der Waals surface area (Å²) in [6.07, 6.45) is 12.7. The van der Waals surface area contributed by atoms with Crippen LogP contribution in [0.2, 0.25) is 0 Å². The van der Waals surface area contributed by atoms with E-state index >= 15 is 0 Å². The highest BCUT2D eigenvalue weighted by atomic mass is 16.6. The van der Waals surface area contributed by atoms with Crippen molar-refractivity contribution in [2.24, 2.45) is 0 Å². The highest BCUT2D eigenvalue weighted by molar-refractivity contribution is 5.98. The predicted molar refractivity (Wildman–Crippen MR) is 118 cm³/mol. The number of carbonyl (C=O) groups is 1. The monoisotopic (exact) mass is 412 g/mol. The van der Waals surface area contributed by atoms with Gasteiger partial charge in [0, 0.05) is 12.5 Å². The number of para-hydroxylation sites is 1. The molecule has 0 radical (unpaired) electrons. The van der Waals surface area contributed by atoms with Gasteiger partial charge in [0.05, 0.1) is 10.6 Å². The average molecular weight is 413 g/mol. The third kappa shape index (κ3) is 4.71. The molecule has 7 nitrogen and oxygen atoms in total. The molecule has 1 aliphatic rings. The molecule has 1 amide bonds. The summed E-state index contributed by atoms with van der Waals surface area (Å²) in [6.45, 7) is 3.77. The SMILES string of the molecule is CCCCCCCCCCCC1N(C(C)=O)c2ccccc2-c2c([N+](=O)[O-])cnn21. The van der Waals surface area contributed by atoms with Crippen LogP contribution >= 0.6 is 0 Å². The van der Waals surface area contributed by atoms with Crippen LogP contribution in [-0.4, -0.2) is 20.6 Å². The van der Waals surface area contributed by atoms with E-state index < -0.39 is 4.92 Å². The van der Waals surface area contributed by atoms with Crippen molar-refractivity contribution in [1.29, 1.82) is 0 Å². The summed E-state index contributed by atoms with van der Waals surface area (Å²) in [6, 6.07) is 7.38. The van der Waals surface area contributed by atoms with Crippen molar-refractivity contribution >= 4 is 17.3 Å². The number of nitrogens with zero attached hydrogens (tertiary/aromatic N) is 4. The van der Waals surface area contributed by atoms with Crippen LogP contribution in [0, 0.1) is 10.1 Å². The molecule has 162 valence electrons. The number of benzene rings is 1. The summed E-state index contributed by atoms with van der Waals surface area (Å²) >= 11 is 0. The standard InChI is InChI=1S/C23H32N4O3/c1-3-4-5-6-7-8-9-10-11-16-22-25(18(2)28)20-15-13-12-14-19(20)23-21(27(29)30)17-24-26(22)23/h12-15,17,22H,3-11,16H2,1-2H3. The van der Waals surface area contributed by atoms with E-state index in [0.717, 1.165) is 24.9 Å². The molecule has 1 aromatic carbocycles. The van der Waals surface area contributed by atoms with Crippen molar-refractivity contribution in [1.82, 2.24) is 9.78 Å². The Balaban J connectivity index is 1.71. The van der Waals surface area contributed by atoms with E-state index in [0.29, 0.717) is 11.3 Å². The first-order valence-corrected chi connectivity index (χ1v) is 11.2. The lowest BCUT2D eigenvalue weighted by Gasteiger charge is -2.37. The van der Waals surface area contributed by atoms with Crippen molar-refractivity contribution in [3.05, 3.63) is 40.6 Å². The number of hydrogen-bond acceptors (Lipinski definition) is 4. The van der Waals surface area contributed by atoms with Crippen LogP contribution in [0.1, 0.15) is 84.2 Å². The Bertz CT molecular complexity index is 877. The first-order chi connectivity index (χ1) is 14.6. The van der Waals surface area contributed by atoms with Crippen LogP contribution in [-0.2, 0) is 4.79 Å². The zero-order chi connectivity index (χ0) is 21.5. The van der Waals surface area contributed by atoms with E-state index in [9.17, 15) is 14.9 Å². The maximum Gasteiger partial charge on any atom is 0.315 e. The number of unbranched alkanes of at least 4 members (excludes halogenated alkanes) is 8. The number of nitro groups is 1. The van der Waals surface area contributed by atoms with Gasteiger partial charge in [0.25, 0.3) is 0 Å². The fraction of sp³-hybridized carbons (Fsp3) is 0.565. The zero-order valence-electron chi connectivity index (χ0n) is 18.0. The van der Waals surface area contributed by atoms with Crippen molar-refractivity contribution in [3.8, 4) is 11.3 Å². The molecule has 0 saturated heterocycles. The molecule has 0 aliphatic carbocycles. The van der Waals surface area contributed by atoms with Gasteiger partial charge < -0.3 is 0 Å². The number of aromatic nitrogens is 2. The minimum atomic E-state index is -0.394. The average Bonchev–Trinajstić information content (AvgIpc) is 3.18. The van der Waals surface area contributed by atoms with E-state index in [1.54, 1.807) is 16.5 Å². The van der Waals surface area contributed by atoms with Crippen LogP contribution in [0.3, 0.4) is 0 Å². The normalized spacial score (nSPS) is 15.0. The van der Waals surface area contributed by atoms with Gasteiger partial charge in [-0.3, -0.25) is 19.8 Å². The lowest BCUT2D eigenvalue weighted by atomic mass is 10.0. The molecule has 1 aromatic heterocycles. The van der Waals surface area contributed by atoms with E-state index in [1.807, 2.05) is 24.3 Å². The van der Waals surface area contributed by atoms with Crippen LogP contribution in [0.15, 0.2) is 30.5 Å². The van der Waals surface area contributed by atoms with Crippen LogP contribution < -0.4 is 4.90 Å². The first kappa shape index (κ1) is 22.0. The second kappa shape index (κ2) is 10.4. The molecule has 1 aliphatic heterocycles. The lowest BCUT2D eigenvalue weighted by molar-refractivity contribution is -0.384. The molecule has 0 bridgehead atoms. The van der Waals surface area contributed by atoms with Gasteiger partial charge in [0.1, 0.15) is 12.4 Å². The molecule has 2 aromatic rings. The molecule has 7 heteroatoms. The third-order valence-corrected chi connectivity index (χ3v) is 5.88. The van der Waals surface area contributed by atoms with Crippen molar-refractivity contribution in [2.45, 2.75) is 84.2 Å². The number of amides is 1. The van der Waals surface area contributed by atoms with Crippen molar-refractivity contribution in [3.63, 3.8) is 0 Å². The molecule has 3 rings (SSSR count). The molecule has 0 N–H and O–H groups in total. The van der Waals surface area contributed by atoms with Crippen LogP contribution in [0.5, 0.6) is 0 Å². The predicted octanol–water partition coefficient (Wildman–Crippen LogP) is 6.24. The maximum absolute atomic E-state index is 12.5. The Kier molecular flexibility index (Phi) is 7.60. The van der Waals surface area contributed by atoms with Crippen molar-refractivity contribution < 1.29 is 9.72 Å². The van der Waals surface area contributed by atoms with E-state index in [4.69, 9.17) is 0 Å². The highest BCUT2D eigenvalue weighted by Gasteiger charge is 2.38. The third-order valence-electron chi connectivity index (χ3n) is 5.88. The number of carbonyl (C=O) groups excluding carboxylic acids is 1.